The van der Waals surface area contributed by atoms with Crippen molar-refractivity contribution < 1.29 is 4.79 Å². The normalized spacial score (nSPS) is 10.1. The molecule has 2 rings (SSSR count). The number of aromatic nitrogens is 1. The first-order chi connectivity index (χ1) is 9.31. The molecule has 4 nitrogen and oxygen atoms in total. The molecule has 0 unspecified atom stereocenters. The molecular formula is C15H15N3O. The zero-order chi connectivity index (χ0) is 13.5. The van der Waals surface area contributed by atoms with Gasteiger partial charge in [0.25, 0.3) is 5.91 Å². The molecule has 2 aromatic rings. The second kappa shape index (κ2) is 6.50. The number of para-hydroxylation sites is 1. The first kappa shape index (κ1) is 13.0. The Hall–Kier alpha value is -2.41. The van der Waals surface area contributed by atoms with E-state index in [0.717, 1.165) is 23.7 Å². The summed E-state index contributed by atoms with van der Waals surface area (Å²) in [5.41, 5.74) is 1.25. The van der Waals surface area contributed by atoms with E-state index in [1.165, 1.54) is 0 Å². The van der Waals surface area contributed by atoms with E-state index < -0.39 is 0 Å². The smallest absolute Gasteiger partial charge is 0.269 e. The van der Waals surface area contributed by atoms with E-state index in [4.69, 9.17) is 5.26 Å². The number of carbonyl (C=O) groups is 1. The van der Waals surface area contributed by atoms with E-state index in [1.54, 1.807) is 6.07 Å². The largest absolute Gasteiger partial charge is 0.351 e. The van der Waals surface area contributed by atoms with Gasteiger partial charge in [-0.05, 0) is 25.0 Å². The maximum Gasteiger partial charge on any atom is 0.269 e. The summed E-state index contributed by atoms with van der Waals surface area (Å²) in [6.07, 6.45) is 2.15. The molecule has 1 N–H and O–H groups in total. The van der Waals surface area contributed by atoms with Gasteiger partial charge in [0, 0.05) is 18.4 Å². The highest BCUT2D eigenvalue weighted by Gasteiger charge is 2.06. The summed E-state index contributed by atoms with van der Waals surface area (Å²) in [5, 5.41) is 12.2. The molecule has 0 saturated heterocycles. The van der Waals surface area contributed by atoms with E-state index in [1.807, 2.05) is 30.3 Å². The van der Waals surface area contributed by atoms with Crippen molar-refractivity contribution in [2.75, 3.05) is 6.54 Å². The van der Waals surface area contributed by atoms with Gasteiger partial charge in [0.2, 0.25) is 0 Å². The Kier molecular flexibility index (Phi) is 4.46. The molecule has 0 fully saturated rings. The van der Waals surface area contributed by atoms with E-state index >= 15 is 0 Å². The SMILES string of the molecule is N#CCCCCNC(=O)c1ccc2ccccc2n1. The zero-order valence-electron chi connectivity index (χ0n) is 10.6. The van der Waals surface area contributed by atoms with Crippen molar-refractivity contribution in [2.24, 2.45) is 0 Å². The van der Waals surface area contributed by atoms with Gasteiger partial charge >= 0.3 is 0 Å². The topological polar surface area (TPSA) is 65.8 Å². The lowest BCUT2D eigenvalue weighted by Crippen LogP contribution is -2.25. The fourth-order valence-corrected chi connectivity index (χ4v) is 1.81. The molecule has 19 heavy (non-hydrogen) atoms. The number of nitrogens with one attached hydrogen (secondary N) is 1. The summed E-state index contributed by atoms with van der Waals surface area (Å²) in [7, 11) is 0. The second-order valence-corrected chi connectivity index (χ2v) is 4.26. The van der Waals surface area contributed by atoms with Crippen molar-refractivity contribution in [3.05, 3.63) is 42.1 Å². The number of benzene rings is 1. The summed E-state index contributed by atoms with van der Waals surface area (Å²) in [6, 6.07) is 13.4. The van der Waals surface area contributed by atoms with Gasteiger partial charge in [-0.2, -0.15) is 5.26 Å². The quantitative estimate of drug-likeness (QED) is 0.833. The molecule has 4 heteroatoms. The third-order valence-corrected chi connectivity index (χ3v) is 2.83. The van der Waals surface area contributed by atoms with E-state index in [-0.39, 0.29) is 5.91 Å². The summed E-state index contributed by atoms with van der Waals surface area (Å²) in [5.74, 6) is -0.164. The molecule has 1 aromatic heterocycles. The van der Waals surface area contributed by atoms with Gasteiger partial charge in [-0.15, -0.1) is 0 Å². The van der Waals surface area contributed by atoms with Crippen LogP contribution in [0.5, 0.6) is 0 Å². The predicted octanol–water partition coefficient (Wildman–Crippen LogP) is 2.66. The Morgan fingerprint density at radius 2 is 2.05 bits per heavy atom. The molecule has 1 amide bonds. The first-order valence-corrected chi connectivity index (χ1v) is 6.32. The van der Waals surface area contributed by atoms with Crippen LogP contribution in [0.25, 0.3) is 10.9 Å². The summed E-state index contributed by atoms with van der Waals surface area (Å²) >= 11 is 0. The third-order valence-electron chi connectivity index (χ3n) is 2.83. The number of hydrogen-bond donors (Lipinski definition) is 1. The number of pyridine rings is 1. The van der Waals surface area contributed by atoms with Crippen LogP contribution in [0, 0.1) is 11.3 Å². The first-order valence-electron chi connectivity index (χ1n) is 6.32. The van der Waals surface area contributed by atoms with Crippen LogP contribution < -0.4 is 5.32 Å². The maximum atomic E-state index is 11.9. The molecule has 1 heterocycles. The Labute approximate surface area is 112 Å². The number of fused-ring (bicyclic) bond motifs is 1. The Balaban J connectivity index is 1.96. The molecule has 0 aliphatic rings. The van der Waals surface area contributed by atoms with Crippen LogP contribution >= 0.6 is 0 Å². The summed E-state index contributed by atoms with van der Waals surface area (Å²) < 4.78 is 0. The van der Waals surface area contributed by atoms with Gasteiger partial charge in [-0.3, -0.25) is 4.79 Å². The number of rotatable bonds is 5. The highest BCUT2D eigenvalue weighted by Crippen LogP contribution is 2.11. The van der Waals surface area contributed by atoms with Crippen LogP contribution in [0.2, 0.25) is 0 Å². The summed E-state index contributed by atoms with van der Waals surface area (Å²) in [4.78, 5) is 16.2. The fourth-order valence-electron chi connectivity index (χ4n) is 1.81. The van der Waals surface area contributed by atoms with Crippen molar-refractivity contribution in [3.8, 4) is 6.07 Å². The van der Waals surface area contributed by atoms with Crippen molar-refractivity contribution in [1.29, 1.82) is 5.26 Å². The van der Waals surface area contributed by atoms with Crippen LogP contribution in [0.4, 0.5) is 0 Å². The van der Waals surface area contributed by atoms with Crippen molar-refractivity contribution >= 4 is 16.8 Å². The fraction of sp³-hybridized carbons (Fsp3) is 0.267. The van der Waals surface area contributed by atoms with Crippen LogP contribution in [-0.2, 0) is 0 Å². The molecule has 0 aliphatic heterocycles. The van der Waals surface area contributed by atoms with Crippen LogP contribution in [0.3, 0.4) is 0 Å². The average Bonchev–Trinajstić information content (AvgIpc) is 2.46. The third kappa shape index (κ3) is 3.52. The minimum absolute atomic E-state index is 0.164. The summed E-state index contributed by atoms with van der Waals surface area (Å²) in [6.45, 7) is 0.578. The Bertz CT molecular complexity index is 616. The molecule has 96 valence electrons. The molecule has 0 saturated carbocycles. The van der Waals surface area contributed by atoms with E-state index in [0.29, 0.717) is 18.7 Å². The number of amides is 1. The number of hydrogen-bond acceptors (Lipinski definition) is 3. The van der Waals surface area contributed by atoms with E-state index in [9.17, 15) is 4.79 Å². The molecule has 0 bridgehead atoms. The monoisotopic (exact) mass is 253 g/mol. The second-order valence-electron chi connectivity index (χ2n) is 4.26. The zero-order valence-corrected chi connectivity index (χ0v) is 10.6. The average molecular weight is 253 g/mol. The lowest BCUT2D eigenvalue weighted by Gasteiger charge is -2.04. The molecular weight excluding hydrogens is 238 g/mol. The van der Waals surface area contributed by atoms with Crippen molar-refractivity contribution in [2.45, 2.75) is 19.3 Å². The number of nitrogens with zero attached hydrogens (tertiary/aromatic N) is 2. The molecule has 1 aromatic carbocycles. The van der Waals surface area contributed by atoms with Crippen molar-refractivity contribution in [3.63, 3.8) is 0 Å². The molecule has 0 aliphatic carbocycles. The van der Waals surface area contributed by atoms with Crippen molar-refractivity contribution in [1.82, 2.24) is 10.3 Å². The highest BCUT2D eigenvalue weighted by molar-refractivity contribution is 5.94. The van der Waals surface area contributed by atoms with Gasteiger partial charge in [-0.1, -0.05) is 24.3 Å². The minimum atomic E-state index is -0.164. The lowest BCUT2D eigenvalue weighted by atomic mass is 10.2. The van der Waals surface area contributed by atoms with Crippen LogP contribution in [0.1, 0.15) is 29.8 Å². The van der Waals surface area contributed by atoms with Crippen LogP contribution in [0.15, 0.2) is 36.4 Å². The van der Waals surface area contributed by atoms with Gasteiger partial charge in [0.1, 0.15) is 5.69 Å². The standard InChI is InChI=1S/C15H15N3O/c16-10-4-1-5-11-17-15(19)14-9-8-12-6-2-3-7-13(12)18-14/h2-3,6-9H,1,4-5,11H2,(H,17,19). The van der Waals surface area contributed by atoms with Gasteiger partial charge < -0.3 is 5.32 Å². The molecule has 0 atom stereocenters. The van der Waals surface area contributed by atoms with Gasteiger partial charge in [0.15, 0.2) is 0 Å². The molecule has 0 radical (unpaired) electrons. The number of unbranched alkanes of at least 4 members (excludes halogenated alkanes) is 2. The predicted molar refractivity (Wildman–Crippen MR) is 73.5 cm³/mol. The number of carbonyl (C=O) groups excluding carboxylic acids is 1. The maximum absolute atomic E-state index is 11.9. The van der Waals surface area contributed by atoms with Crippen LogP contribution in [-0.4, -0.2) is 17.4 Å². The number of nitriles is 1. The molecule has 0 spiro atoms. The highest BCUT2D eigenvalue weighted by atomic mass is 16.1. The minimum Gasteiger partial charge on any atom is -0.351 e. The Morgan fingerprint density at radius 1 is 1.21 bits per heavy atom. The van der Waals surface area contributed by atoms with E-state index in [2.05, 4.69) is 16.4 Å². The Morgan fingerprint density at radius 3 is 2.89 bits per heavy atom. The van der Waals surface area contributed by atoms with Gasteiger partial charge in [0.05, 0.1) is 11.6 Å². The lowest BCUT2D eigenvalue weighted by molar-refractivity contribution is 0.0948. The van der Waals surface area contributed by atoms with Gasteiger partial charge in [-0.25, -0.2) is 4.98 Å².